The fourth-order valence-corrected chi connectivity index (χ4v) is 1.51. The van der Waals surface area contributed by atoms with Gasteiger partial charge in [0.2, 0.25) is 0 Å². The Balaban J connectivity index is 4.65. The molecule has 86 valence electrons. The van der Waals surface area contributed by atoms with E-state index in [1.807, 2.05) is 7.05 Å². The summed E-state index contributed by atoms with van der Waals surface area (Å²) in [6, 6.07) is 0.0687. The molecule has 0 aromatic rings. The van der Waals surface area contributed by atoms with Gasteiger partial charge in [-0.3, -0.25) is 4.99 Å². The lowest BCUT2D eigenvalue weighted by atomic mass is 9.99. The molecule has 3 nitrogen and oxygen atoms in total. The van der Waals surface area contributed by atoms with Crippen molar-refractivity contribution in [3.63, 3.8) is 0 Å². The van der Waals surface area contributed by atoms with Crippen LogP contribution in [0.3, 0.4) is 0 Å². The maximum Gasteiger partial charge on any atom is 0.0957 e. The third-order valence-corrected chi connectivity index (χ3v) is 2.28. The van der Waals surface area contributed by atoms with E-state index in [0.29, 0.717) is 0 Å². The molecule has 0 saturated carbocycles. The van der Waals surface area contributed by atoms with Gasteiger partial charge >= 0.3 is 0 Å². The van der Waals surface area contributed by atoms with Crippen molar-refractivity contribution >= 4 is 6.21 Å². The van der Waals surface area contributed by atoms with Gasteiger partial charge in [0.05, 0.1) is 6.10 Å². The van der Waals surface area contributed by atoms with Crippen LogP contribution in [-0.2, 0) is 0 Å². The minimum atomic E-state index is -0.531. The largest absolute Gasteiger partial charge is 0.387 e. The normalized spacial score (nSPS) is 16.7. The number of aliphatic imine (C=N–C) groups is 1. The summed E-state index contributed by atoms with van der Waals surface area (Å²) in [5, 5.41) is 13.2. The number of likely N-dealkylation sites (N-methyl/N-ethyl adjacent to an activating group) is 1. The Kier molecular flexibility index (Phi) is 7.86. The van der Waals surface area contributed by atoms with Crippen LogP contribution in [0.4, 0.5) is 0 Å². The molecule has 0 fully saturated rings. The minimum Gasteiger partial charge on any atom is -0.387 e. The van der Waals surface area contributed by atoms with E-state index in [-0.39, 0.29) is 6.04 Å². The number of nitrogens with one attached hydrogen (secondary N) is 1. The van der Waals surface area contributed by atoms with Crippen LogP contribution in [0.25, 0.3) is 0 Å². The van der Waals surface area contributed by atoms with Crippen LogP contribution in [0.5, 0.6) is 0 Å². The second kappa shape index (κ2) is 8.38. The lowest BCUT2D eigenvalue weighted by Crippen LogP contribution is -2.39. The molecule has 0 aliphatic carbocycles. The molecule has 0 aromatic carbocycles. The van der Waals surface area contributed by atoms with Gasteiger partial charge in [0, 0.05) is 19.3 Å². The molecule has 0 heterocycles. The molecule has 0 aliphatic rings. The highest BCUT2D eigenvalue weighted by Crippen LogP contribution is 2.10. The Bertz CT molecular complexity index is 234. The van der Waals surface area contributed by atoms with Gasteiger partial charge in [0.25, 0.3) is 0 Å². The van der Waals surface area contributed by atoms with Crippen molar-refractivity contribution in [1.82, 2.24) is 5.32 Å². The third-order valence-electron chi connectivity index (χ3n) is 2.28. The molecule has 15 heavy (non-hydrogen) atoms. The van der Waals surface area contributed by atoms with E-state index in [9.17, 15) is 5.11 Å². The first-order valence-corrected chi connectivity index (χ1v) is 5.31. The van der Waals surface area contributed by atoms with Crippen LogP contribution in [0.15, 0.2) is 29.3 Å². The highest BCUT2D eigenvalue weighted by atomic mass is 16.3. The summed E-state index contributed by atoms with van der Waals surface area (Å²) < 4.78 is 0. The van der Waals surface area contributed by atoms with Crippen molar-refractivity contribution in [3.8, 4) is 0 Å². The number of aliphatic hydroxyl groups is 1. The van der Waals surface area contributed by atoms with E-state index in [1.165, 1.54) is 0 Å². The van der Waals surface area contributed by atoms with Crippen LogP contribution in [0.2, 0.25) is 0 Å². The van der Waals surface area contributed by atoms with Crippen molar-refractivity contribution in [2.24, 2.45) is 4.99 Å². The molecule has 0 aliphatic heterocycles. The average Bonchev–Trinajstić information content (AvgIpc) is 2.24. The summed E-state index contributed by atoms with van der Waals surface area (Å²) in [6.45, 7) is 5.73. The second-order valence-electron chi connectivity index (χ2n) is 3.42. The zero-order valence-electron chi connectivity index (χ0n) is 9.90. The quantitative estimate of drug-likeness (QED) is 0.494. The topological polar surface area (TPSA) is 44.6 Å². The Morgan fingerprint density at radius 3 is 2.67 bits per heavy atom. The third kappa shape index (κ3) is 4.91. The number of aliphatic hydroxyl groups excluding tert-OH is 1. The van der Waals surface area contributed by atoms with Gasteiger partial charge in [0.15, 0.2) is 0 Å². The number of allylic oxidation sites excluding steroid dienone is 2. The number of rotatable bonds is 7. The first-order chi connectivity index (χ1) is 7.21. The number of hydrogen-bond donors (Lipinski definition) is 2. The van der Waals surface area contributed by atoms with E-state index in [0.717, 1.165) is 18.4 Å². The van der Waals surface area contributed by atoms with Crippen LogP contribution < -0.4 is 5.32 Å². The first-order valence-electron chi connectivity index (χ1n) is 5.31. The van der Waals surface area contributed by atoms with Gasteiger partial charge in [-0.15, -0.1) is 0 Å². The fourth-order valence-electron chi connectivity index (χ4n) is 1.51. The monoisotopic (exact) mass is 210 g/mol. The van der Waals surface area contributed by atoms with Gasteiger partial charge in [-0.1, -0.05) is 32.1 Å². The molecule has 3 heteroatoms. The van der Waals surface area contributed by atoms with E-state index < -0.39 is 6.10 Å². The van der Waals surface area contributed by atoms with Crippen molar-refractivity contribution in [1.29, 1.82) is 0 Å². The predicted octanol–water partition coefficient (Wildman–Crippen LogP) is 1.55. The lowest BCUT2D eigenvalue weighted by Gasteiger charge is -2.22. The van der Waals surface area contributed by atoms with Crippen molar-refractivity contribution < 1.29 is 5.11 Å². The van der Waals surface area contributed by atoms with Crippen LogP contribution in [-0.4, -0.2) is 37.6 Å². The van der Waals surface area contributed by atoms with Crippen LogP contribution in [0, 0.1) is 0 Å². The van der Waals surface area contributed by atoms with Crippen molar-refractivity contribution in [2.75, 3.05) is 14.1 Å². The Morgan fingerprint density at radius 2 is 2.27 bits per heavy atom. The molecule has 0 spiro atoms. The molecular weight excluding hydrogens is 188 g/mol. The number of hydrogen-bond acceptors (Lipinski definition) is 3. The maximum absolute atomic E-state index is 10.1. The molecule has 0 unspecified atom stereocenters. The van der Waals surface area contributed by atoms with Crippen LogP contribution >= 0.6 is 0 Å². The summed E-state index contributed by atoms with van der Waals surface area (Å²) in [5.74, 6) is 0. The van der Waals surface area contributed by atoms with Crippen molar-refractivity contribution in [3.05, 3.63) is 24.3 Å². The summed E-state index contributed by atoms with van der Waals surface area (Å²) >= 11 is 0. The van der Waals surface area contributed by atoms with E-state index in [4.69, 9.17) is 0 Å². The maximum atomic E-state index is 10.1. The molecule has 0 amide bonds. The zero-order valence-corrected chi connectivity index (χ0v) is 9.90. The van der Waals surface area contributed by atoms with E-state index in [1.54, 1.807) is 25.4 Å². The van der Waals surface area contributed by atoms with Gasteiger partial charge in [-0.2, -0.15) is 0 Å². The van der Waals surface area contributed by atoms with Crippen LogP contribution in [0.1, 0.15) is 19.8 Å². The molecule has 0 rings (SSSR count). The average molecular weight is 210 g/mol. The molecule has 2 N–H and O–H groups in total. The molecule has 0 saturated heterocycles. The molecule has 2 atom stereocenters. The van der Waals surface area contributed by atoms with E-state index >= 15 is 0 Å². The zero-order chi connectivity index (χ0) is 11.7. The summed E-state index contributed by atoms with van der Waals surface area (Å²) in [5.41, 5.74) is 0.792. The van der Waals surface area contributed by atoms with Gasteiger partial charge in [-0.05, 0) is 19.0 Å². The fraction of sp³-hybridized carbons (Fsp3) is 0.583. The second-order valence-corrected chi connectivity index (χ2v) is 3.42. The predicted molar refractivity (Wildman–Crippen MR) is 66.5 cm³/mol. The summed E-state index contributed by atoms with van der Waals surface area (Å²) in [7, 11) is 3.55. The SMILES string of the molecule is C=C/C=C(\C=NC)[C@@H](O)[C@@H](CCC)NC. The Labute approximate surface area is 92.6 Å². The van der Waals surface area contributed by atoms with Gasteiger partial charge in [0.1, 0.15) is 0 Å². The van der Waals surface area contributed by atoms with E-state index in [2.05, 4.69) is 23.8 Å². The molecular formula is C12H22N2O. The van der Waals surface area contributed by atoms with Gasteiger partial charge < -0.3 is 10.4 Å². The molecule has 0 aromatic heterocycles. The van der Waals surface area contributed by atoms with Crippen molar-refractivity contribution in [2.45, 2.75) is 31.9 Å². The Hall–Kier alpha value is -0.930. The minimum absolute atomic E-state index is 0.0687. The first kappa shape index (κ1) is 14.1. The number of nitrogens with zero attached hydrogens (tertiary/aromatic N) is 1. The summed E-state index contributed by atoms with van der Waals surface area (Å²) in [6.07, 6.45) is 6.57. The van der Waals surface area contributed by atoms with Gasteiger partial charge in [-0.25, -0.2) is 0 Å². The molecule has 0 bridgehead atoms. The summed E-state index contributed by atoms with van der Waals surface area (Å²) in [4.78, 5) is 3.92. The lowest BCUT2D eigenvalue weighted by molar-refractivity contribution is 0.165. The smallest absolute Gasteiger partial charge is 0.0957 e. The standard InChI is InChI=1S/C12H22N2O/c1-5-7-10(9-13-3)12(15)11(14-4)8-6-2/h5,7,9,11-12,14-15H,1,6,8H2,2-4H3/b10-7+,13-9?/t11-,12-/m1/s1. The molecule has 0 radical (unpaired) electrons. The highest BCUT2D eigenvalue weighted by molar-refractivity contribution is 5.80. The highest BCUT2D eigenvalue weighted by Gasteiger charge is 2.18. The Morgan fingerprint density at radius 1 is 1.60 bits per heavy atom.